The fraction of sp³-hybridized carbons (Fsp3) is 0.267. The first-order valence-corrected chi connectivity index (χ1v) is 4.96. The van der Waals surface area contributed by atoms with Gasteiger partial charge in [0.1, 0.15) is 0 Å². The average Bonchev–Trinajstić information content (AvgIpc) is 2.30. The maximum absolute atomic E-state index is 7.07. The third-order valence-electron chi connectivity index (χ3n) is 1.61. The Morgan fingerprint density at radius 1 is 1.12 bits per heavy atom. The molecule has 0 aromatic carbocycles. The zero-order valence-electron chi connectivity index (χ0n) is 9.65. The number of hydrogen-bond donors (Lipinski definition) is 2. The highest BCUT2D eigenvalue weighted by Crippen LogP contribution is 2.02. The van der Waals surface area contributed by atoms with Crippen molar-refractivity contribution >= 4 is 5.84 Å². The lowest BCUT2D eigenvalue weighted by Gasteiger charge is -2.00. The number of rotatable bonds is 3. The second-order valence-electron chi connectivity index (χ2n) is 3.13. The lowest BCUT2D eigenvalue weighted by Crippen LogP contribution is -2.10. The summed E-state index contributed by atoms with van der Waals surface area (Å²) in [5.74, 6) is 23.0. The van der Waals surface area contributed by atoms with Crippen LogP contribution in [0.1, 0.15) is 19.8 Å². The first kappa shape index (κ1) is 14.3. The van der Waals surface area contributed by atoms with Crippen LogP contribution in [0.2, 0.25) is 0 Å². The highest BCUT2D eigenvalue weighted by molar-refractivity contribution is 5.76. The summed E-state index contributed by atoms with van der Waals surface area (Å²) < 4.78 is 0. The van der Waals surface area contributed by atoms with Gasteiger partial charge in [-0.3, -0.25) is 5.41 Å². The topological polar surface area (TPSA) is 49.9 Å². The number of hydrogen-bond acceptors (Lipinski definition) is 1. The van der Waals surface area contributed by atoms with Gasteiger partial charge in [0.15, 0.2) is 0 Å². The number of amidine groups is 1. The summed E-state index contributed by atoms with van der Waals surface area (Å²) in [6.07, 6.45) is 6.23. The SMILES string of the molecule is C#CC#CC#CC#CC#CC(C)CCC(=N)N. The molecule has 0 aliphatic rings. The van der Waals surface area contributed by atoms with E-state index >= 15 is 0 Å². The maximum atomic E-state index is 7.07. The average molecular weight is 220 g/mol. The minimum Gasteiger partial charge on any atom is -0.388 e. The second kappa shape index (κ2) is 9.81. The first-order chi connectivity index (χ1) is 8.16. The zero-order valence-corrected chi connectivity index (χ0v) is 9.65. The van der Waals surface area contributed by atoms with E-state index < -0.39 is 0 Å². The van der Waals surface area contributed by atoms with Crippen molar-refractivity contribution in [3.8, 4) is 59.7 Å². The number of nitrogens with two attached hydrogens (primary N) is 1. The molecule has 0 saturated heterocycles. The Hall–Kier alpha value is -2.73. The molecule has 3 N–H and O–H groups in total. The van der Waals surface area contributed by atoms with Gasteiger partial charge in [0.05, 0.1) is 5.84 Å². The van der Waals surface area contributed by atoms with Crippen LogP contribution in [0.25, 0.3) is 0 Å². The largest absolute Gasteiger partial charge is 0.388 e. The number of terminal acetylenes is 1. The predicted molar refractivity (Wildman–Crippen MR) is 70.2 cm³/mol. The van der Waals surface area contributed by atoms with Gasteiger partial charge >= 0.3 is 0 Å². The van der Waals surface area contributed by atoms with E-state index in [2.05, 4.69) is 53.3 Å². The highest BCUT2D eigenvalue weighted by atomic mass is 14.7. The van der Waals surface area contributed by atoms with Crippen molar-refractivity contribution in [3.63, 3.8) is 0 Å². The van der Waals surface area contributed by atoms with Crippen molar-refractivity contribution in [2.75, 3.05) is 0 Å². The molecule has 0 rings (SSSR count). The third-order valence-corrected chi connectivity index (χ3v) is 1.61. The molecule has 17 heavy (non-hydrogen) atoms. The molecule has 0 amide bonds. The van der Waals surface area contributed by atoms with Gasteiger partial charge in [-0.1, -0.05) is 12.8 Å². The Morgan fingerprint density at radius 2 is 1.65 bits per heavy atom. The van der Waals surface area contributed by atoms with Gasteiger partial charge in [-0.2, -0.15) is 0 Å². The summed E-state index contributed by atoms with van der Waals surface area (Å²) in [6, 6.07) is 0. The molecular formula is C15H12N2. The Balaban J connectivity index is 4.11. The summed E-state index contributed by atoms with van der Waals surface area (Å²) in [5, 5.41) is 7.07. The molecule has 0 saturated carbocycles. The van der Waals surface area contributed by atoms with Crippen LogP contribution in [0, 0.1) is 71.0 Å². The zero-order chi connectivity index (χ0) is 12.9. The van der Waals surface area contributed by atoms with Gasteiger partial charge < -0.3 is 5.73 Å². The van der Waals surface area contributed by atoms with E-state index in [0.717, 1.165) is 6.42 Å². The van der Waals surface area contributed by atoms with Gasteiger partial charge in [0.25, 0.3) is 0 Å². The van der Waals surface area contributed by atoms with Crippen molar-refractivity contribution < 1.29 is 0 Å². The molecule has 2 nitrogen and oxygen atoms in total. The van der Waals surface area contributed by atoms with E-state index in [0.29, 0.717) is 6.42 Å². The quantitative estimate of drug-likeness (QED) is 0.416. The lowest BCUT2D eigenvalue weighted by molar-refractivity contribution is 0.689. The monoisotopic (exact) mass is 220 g/mol. The van der Waals surface area contributed by atoms with Gasteiger partial charge in [-0.15, -0.1) is 6.42 Å². The molecule has 0 aliphatic heterocycles. The molecule has 0 fully saturated rings. The molecule has 0 aromatic heterocycles. The van der Waals surface area contributed by atoms with E-state index in [1.807, 2.05) is 6.92 Å². The van der Waals surface area contributed by atoms with E-state index in [4.69, 9.17) is 17.6 Å². The first-order valence-electron chi connectivity index (χ1n) is 4.96. The molecule has 82 valence electrons. The van der Waals surface area contributed by atoms with E-state index in [1.54, 1.807) is 0 Å². The molecular weight excluding hydrogens is 208 g/mol. The minimum absolute atomic E-state index is 0.169. The van der Waals surface area contributed by atoms with Crippen LogP contribution in [0.5, 0.6) is 0 Å². The second-order valence-corrected chi connectivity index (χ2v) is 3.13. The van der Waals surface area contributed by atoms with Crippen molar-refractivity contribution in [2.24, 2.45) is 11.7 Å². The van der Waals surface area contributed by atoms with Crippen LogP contribution in [0.3, 0.4) is 0 Å². The van der Waals surface area contributed by atoms with Crippen molar-refractivity contribution in [1.82, 2.24) is 0 Å². The van der Waals surface area contributed by atoms with Crippen molar-refractivity contribution in [2.45, 2.75) is 19.8 Å². The standard InChI is InChI=1S/C15H12N2/c1-3-4-5-6-7-8-9-10-11-14(2)12-13-15(16)17/h1,14H,12-13H2,2H3,(H3,16,17). The molecule has 0 aromatic rings. The van der Waals surface area contributed by atoms with Gasteiger partial charge in [0, 0.05) is 12.3 Å². The normalized spacial score (nSPS) is 8.24. The molecule has 2 heteroatoms. The van der Waals surface area contributed by atoms with Crippen molar-refractivity contribution in [1.29, 1.82) is 5.41 Å². The predicted octanol–water partition coefficient (Wildman–Crippen LogP) is 0.985. The van der Waals surface area contributed by atoms with Crippen LogP contribution in [0.15, 0.2) is 0 Å². The molecule has 0 spiro atoms. The lowest BCUT2D eigenvalue weighted by atomic mass is 10.1. The fourth-order valence-corrected chi connectivity index (χ4v) is 0.796. The fourth-order valence-electron chi connectivity index (χ4n) is 0.796. The van der Waals surface area contributed by atoms with E-state index in [1.165, 1.54) is 0 Å². The highest BCUT2D eigenvalue weighted by Gasteiger charge is 1.97. The Bertz CT molecular complexity index is 545. The van der Waals surface area contributed by atoms with E-state index in [9.17, 15) is 0 Å². The van der Waals surface area contributed by atoms with E-state index in [-0.39, 0.29) is 11.8 Å². The Labute approximate surface area is 103 Å². The summed E-state index contributed by atoms with van der Waals surface area (Å²) in [7, 11) is 0. The third kappa shape index (κ3) is 11.2. The van der Waals surface area contributed by atoms with Gasteiger partial charge in [-0.05, 0) is 53.8 Å². The molecule has 0 radical (unpaired) electrons. The molecule has 0 aliphatic carbocycles. The summed E-state index contributed by atoms with van der Waals surface area (Å²) in [4.78, 5) is 0. The minimum atomic E-state index is 0.169. The smallest absolute Gasteiger partial charge is 0.0905 e. The van der Waals surface area contributed by atoms with Crippen LogP contribution in [0.4, 0.5) is 0 Å². The van der Waals surface area contributed by atoms with Crippen LogP contribution in [-0.2, 0) is 0 Å². The van der Waals surface area contributed by atoms with Gasteiger partial charge in [0.2, 0.25) is 0 Å². The van der Waals surface area contributed by atoms with Gasteiger partial charge in [-0.25, -0.2) is 0 Å². The van der Waals surface area contributed by atoms with Crippen LogP contribution < -0.4 is 5.73 Å². The molecule has 1 unspecified atom stereocenters. The van der Waals surface area contributed by atoms with Crippen LogP contribution in [-0.4, -0.2) is 5.84 Å². The molecule has 0 bridgehead atoms. The summed E-state index contributed by atoms with van der Waals surface area (Å²) in [6.45, 7) is 1.96. The van der Waals surface area contributed by atoms with Crippen molar-refractivity contribution in [3.05, 3.63) is 0 Å². The maximum Gasteiger partial charge on any atom is 0.0905 e. The molecule has 0 heterocycles. The summed E-state index contributed by atoms with van der Waals surface area (Å²) in [5.41, 5.74) is 5.24. The number of nitrogens with one attached hydrogen (secondary N) is 1. The summed E-state index contributed by atoms with van der Waals surface area (Å²) >= 11 is 0. The van der Waals surface area contributed by atoms with Crippen LogP contribution >= 0.6 is 0 Å². The Morgan fingerprint density at radius 3 is 2.18 bits per heavy atom. The molecule has 1 atom stereocenters. The Kier molecular flexibility index (Phi) is 8.24.